The van der Waals surface area contributed by atoms with Crippen LogP contribution in [0.2, 0.25) is 5.02 Å². The van der Waals surface area contributed by atoms with Crippen molar-refractivity contribution in [3.05, 3.63) is 53.1 Å². The van der Waals surface area contributed by atoms with Gasteiger partial charge in [0.1, 0.15) is 12.7 Å². The first kappa shape index (κ1) is 25.3. The Kier molecular flexibility index (Phi) is 10.1. The summed E-state index contributed by atoms with van der Waals surface area (Å²) >= 11 is 5.96. The second kappa shape index (κ2) is 12.7. The first-order valence-corrected chi connectivity index (χ1v) is 10.1. The van der Waals surface area contributed by atoms with Gasteiger partial charge in [0, 0.05) is 24.7 Å². The van der Waals surface area contributed by atoms with E-state index in [1.165, 1.54) is 5.56 Å². The van der Waals surface area contributed by atoms with Crippen LogP contribution in [0.4, 0.5) is 0 Å². The molecule has 0 radical (unpaired) electrons. The Hall–Kier alpha value is -3.01. The van der Waals surface area contributed by atoms with Crippen LogP contribution < -0.4 is 14.2 Å². The second-order valence-corrected chi connectivity index (χ2v) is 7.20. The number of hydrogen-bond acceptors (Lipinski definition) is 7. The normalized spacial score (nSPS) is 15.8. The molecule has 174 valence electrons. The maximum atomic E-state index is 9.10. The highest BCUT2D eigenvalue weighted by Gasteiger charge is 2.22. The average Bonchev–Trinajstić information content (AvgIpc) is 2.79. The lowest BCUT2D eigenvalue weighted by molar-refractivity contribution is -0.159. The van der Waals surface area contributed by atoms with Gasteiger partial charge in [-0.1, -0.05) is 29.8 Å². The van der Waals surface area contributed by atoms with E-state index in [1.54, 1.807) is 14.2 Å². The number of morpholine rings is 1. The highest BCUT2D eigenvalue weighted by atomic mass is 35.5. The predicted molar refractivity (Wildman–Crippen MR) is 117 cm³/mol. The molecule has 3 rings (SSSR count). The van der Waals surface area contributed by atoms with Crippen LogP contribution in [0.3, 0.4) is 0 Å². The molecule has 1 unspecified atom stereocenters. The van der Waals surface area contributed by atoms with E-state index in [-0.39, 0.29) is 6.10 Å². The van der Waals surface area contributed by atoms with E-state index in [2.05, 4.69) is 17.0 Å². The van der Waals surface area contributed by atoms with Crippen molar-refractivity contribution in [3.8, 4) is 17.2 Å². The molecule has 0 amide bonds. The monoisotopic (exact) mass is 467 g/mol. The van der Waals surface area contributed by atoms with Crippen LogP contribution in [-0.2, 0) is 20.9 Å². The molecule has 0 bridgehead atoms. The molecule has 1 saturated heterocycles. The lowest BCUT2D eigenvalue weighted by Gasteiger charge is -2.33. The van der Waals surface area contributed by atoms with Crippen molar-refractivity contribution in [1.29, 1.82) is 0 Å². The van der Waals surface area contributed by atoms with Crippen LogP contribution in [-0.4, -0.2) is 73.7 Å². The first-order valence-electron chi connectivity index (χ1n) is 9.72. The summed E-state index contributed by atoms with van der Waals surface area (Å²) in [6.45, 7) is 3.70. The Morgan fingerprint density at radius 1 is 1.06 bits per heavy atom. The third kappa shape index (κ3) is 7.92. The van der Waals surface area contributed by atoms with Gasteiger partial charge in [-0.3, -0.25) is 4.90 Å². The van der Waals surface area contributed by atoms with Gasteiger partial charge in [0.15, 0.2) is 11.5 Å². The number of methoxy groups -OCH3 is 2. The summed E-state index contributed by atoms with van der Waals surface area (Å²) in [5, 5.41) is 15.5. The molecule has 1 aliphatic rings. The maximum absolute atomic E-state index is 9.10. The zero-order chi connectivity index (χ0) is 23.5. The lowest BCUT2D eigenvalue weighted by atomic mass is 10.2. The SMILES string of the molecule is COc1cccc(OC)c1OCC1CN(Cc2ccc(Cl)cc2)CCO1.O=C(O)C(=O)O. The van der Waals surface area contributed by atoms with Crippen molar-refractivity contribution in [3.63, 3.8) is 0 Å². The van der Waals surface area contributed by atoms with Gasteiger partial charge in [-0.15, -0.1) is 0 Å². The summed E-state index contributed by atoms with van der Waals surface area (Å²) in [5.74, 6) is -1.74. The number of rotatable bonds is 7. The highest BCUT2D eigenvalue weighted by Crippen LogP contribution is 2.36. The van der Waals surface area contributed by atoms with E-state index in [0.29, 0.717) is 30.5 Å². The highest BCUT2D eigenvalue weighted by molar-refractivity contribution is 6.30. The van der Waals surface area contributed by atoms with Gasteiger partial charge >= 0.3 is 11.9 Å². The van der Waals surface area contributed by atoms with Crippen molar-refractivity contribution in [2.24, 2.45) is 0 Å². The van der Waals surface area contributed by atoms with Crippen LogP contribution in [0.15, 0.2) is 42.5 Å². The Balaban J connectivity index is 0.000000534. The molecule has 9 nitrogen and oxygen atoms in total. The van der Waals surface area contributed by atoms with Gasteiger partial charge in [0.2, 0.25) is 5.75 Å². The zero-order valence-corrected chi connectivity index (χ0v) is 18.6. The molecule has 1 fully saturated rings. The second-order valence-electron chi connectivity index (χ2n) is 6.77. The first-order chi connectivity index (χ1) is 15.3. The fraction of sp³-hybridized carbons (Fsp3) is 0.364. The smallest absolute Gasteiger partial charge is 0.414 e. The summed E-state index contributed by atoms with van der Waals surface area (Å²) in [4.78, 5) is 20.6. The maximum Gasteiger partial charge on any atom is 0.414 e. The van der Waals surface area contributed by atoms with Crippen LogP contribution in [0.25, 0.3) is 0 Å². The lowest BCUT2D eigenvalue weighted by Crippen LogP contribution is -2.44. The molecule has 1 heterocycles. The molecule has 1 atom stereocenters. The number of carboxylic acid groups (broad SMARTS) is 2. The number of benzene rings is 2. The molecule has 0 aromatic heterocycles. The molecule has 2 aromatic carbocycles. The summed E-state index contributed by atoms with van der Waals surface area (Å²) in [6.07, 6.45) is -0.00864. The number of nitrogens with zero attached hydrogens (tertiary/aromatic N) is 1. The van der Waals surface area contributed by atoms with Gasteiger partial charge in [-0.25, -0.2) is 9.59 Å². The van der Waals surface area contributed by atoms with Crippen LogP contribution in [0.1, 0.15) is 5.56 Å². The van der Waals surface area contributed by atoms with E-state index in [1.807, 2.05) is 30.3 Å². The van der Waals surface area contributed by atoms with E-state index in [0.717, 1.165) is 24.7 Å². The largest absolute Gasteiger partial charge is 0.493 e. The topological polar surface area (TPSA) is 115 Å². The number of para-hydroxylation sites is 1. The van der Waals surface area contributed by atoms with Crippen molar-refractivity contribution in [2.75, 3.05) is 40.5 Å². The summed E-state index contributed by atoms with van der Waals surface area (Å²) in [6, 6.07) is 13.5. The average molecular weight is 468 g/mol. The fourth-order valence-electron chi connectivity index (χ4n) is 3.01. The third-order valence-corrected chi connectivity index (χ3v) is 4.77. The molecular formula is C22H26ClNO8. The van der Waals surface area contributed by atoms with Crippen molar-refractivity contribution in [2.45, 2.75) is 12.6 Å². The molecule has 10 heteroatoms. The molecule has 2 aromatic rings. The van der Waals surface area contributed by atoms with Crippen molar-refractivity contribution < 1.29 is 38.7 Å². The number of carbonyl (C=O) groups is 2. The van der Waals surface area contributed by atoms with E-state index >= 15 is 0 Å². The van der Waals surface area contributed by atoms with Gasteiger partial charge in [0.25, 0.3) is 0 Å². The number of ether oxygens (including phenoxy) is 4. The summed E-state index contributed by atoms with van der Waals surface area (Å²) < 4.78 is 22.6. The van der Waals surface area contributed by atoms with Gasteiger partial charge < -0.3 is 29.2 Å². The van der Waals surface area contributed by atoms with Gasteiger partial charge in [-0.2, -0.15) is 0 Å². The zero-order valence-electron chi connectivity index (χ0n) is 17.8. The predicted octanol–water partition coefficient (Wildman–Crippen LogP) is 2.79. The minimum absolute atomic E-state index is 0.00864. The third-order valence-electron chi connectivity index (χ3n) is 4.52. The standard InChI is InChI=1S/C20H24ClNO4.C2H2O4/c1-23-18-4-3-5-19(24-2)20(18)26-14-17-13-22(10-11-25-17)12-15-6-8-16(21)9-7-15;3-1(4)2(5)6/h3-9,17H,10-14H2,1-2H3;(H,3,4)(H,5,6). The molecule has 0 saturated carbocycles. The minimum Gasteiger partial charge on any atom is -0.493 e. The molecule has 32 heavy (non-hydrogen) atoms. The Labute approximate surface area is 191 Å². The fourth-order valence-corrected chi connectivity index (χ4v) is 3.13. The van der Waals surface area contributed by atoms with E-state index in [4.69, 9.17) is 50.4 Å². The number of halogens is 1. The van der Waals surface area contributed by atoms with Crippen molar-refractivity contribution >= 4 is 23.5 Å². The minimum atomic E-state index is -1.82. The summed E-state index contributed by atoms with van der Waals surface area (Å²) in [5.41, 5.74) is 1.24. The van der Waals surface area contributed by atoms with Crippen LogP contribution in [0.5, 0.6) is 17.2 Å². The number of carboxylic acids is 2. The van der Waals surface area contributed by atoms with Crippen LogP contribution >= 0.6 is 11.6 Å². The quantitative estimate of drug-likeness (QED) is 0.593. The van der Waals surface area contributed by atoms with Gasteiger partial charge in [0.05, 0.1) is 20.8 Å². The van der Waals surface area contributed by atoms with Crippen molar-refractivity contribution in [1.82, 2.24) is 4.90 Å². The Bertz CT molecular complexity index is 856. The number of hydrogen-bond donors (Lipinski definition) is 2. The Morgan fingerprint density at radius 3 is 2.19 bits per heavy atom. The van der Waals surface area contributed by atoms with E-state index < -0.39 is 11.9 Å². The number of aliphatic carboxylic acids is 2. The van der Waals surface area contributed by atoms with Crippen LogP contribution in [0, 0.1) is 0 Å². The molecule has 1 aliphatic heterocycles. The molecule has 0 spiro atoms. The molecule has 0 aliphatic carbocycles. The molecule has 2 N–H and O–H groups in total. The summed E-state index contributed by atoms with van der Waals surface area (Å²) in [7, 11) is 3.24. The Morgan fingerprint density at radius 2 is 1.66 bits per heavy atom. The van der Waals surface area contributed by atoms with E-state index in [9.17, 15) is 0 Å². The molecular weight excluding hydrogens is 442 g/mol. The van der Waals surface area contributed by atoms with Gasteiger partial charge in [-0.05, 0) is 29.8 Å².